The van der Waals surface area contributed by atoms with Crippen LogP contribution in [0.25, 0.3) is 0 Å². The minimum absolute atomic E-state index is 0.0199. The van der Waals surface area contributed by atoms with E-state index in [-0.39, 0.29) is 12.1 Å². The van der Waals surface area contributed by atoms with E-state index in [9.17, 15) is 0 Å². The molecule has 2 aliphatic heterocycles. The van der Waals surface area contributed by atoms with Crippen molar-refractivity contribution >= 4 is 28.7 Å². The highest BCUT2D eigenvalue weighted by atomic mass is 32.1. The zero-order valence-corrected chi connectivity index (χ0v) is 19.6. The molecule has 7 heteroatoms. The average molecular weight is 448 g/mol. The van der Waals surface area contributed by atoms with E-state index in [1.807, 2.05) is 18.3 Å². The monoisotopic (exact) mass is 447 g/mol. The van der Waals surface area contributed by atoms with Gasteiger partial charge in [-0.15, -0.1) is 0 Å². The number of rotatable bonds is 4. The van der Waals surface area contributed by atoms with Gasteiger partial charge in [0.25, 0.3) is 0 Å². The number of aryl methyl sites for hydroxylation is 1. The van der Waals surface area contributed by atoms with Crippen molar-refractivity contribution in [3.05, 3.63) is 77.4 Å². The number of thiocarbonyl (C=S) groups is 1. The molecule has 4 heterocycles. The van der Waals surface area contributed by atoms with Gasteiger partial charge in [0.05, 0.1) is 31.0 Å². The molecule has 0 saturated carbocycles. The Balaban J connectivity index is 1.55. The molecule has 2 aromatic heterocycles. The first-order chi connectivity index (χ1) is 15.5. The van der Waals surface area contributed by atoms with Crippen LogP contribution in [-0.2, 0) is 11.8 Å². The van der Waals surface area contributed by atoms with Gasteiger partial charge in [0.2, 0.25) is 0 Å². The van der Waals surface area contributed by atoms with E-state index in [0.717, 1.165) is 42.8 Å². The second-order valence-corrected chi connectivity index (χ2v) is 8.88. The van der Waals surface area contributed by atoms with E-state index in [2.05, 4.69) is 82.0 Å². The van der Waals surface area contributed by atoms with Crippen LogP contribution in [0.5, 0.6) is 0 Å². The highest BCUT2D eigenvalue weighted by Gasteiger charge is 2.42. The highest BCUT2D eigenvalue weighted by Crippen LogP contribution is 2.43. The molecule has 0 radical (unpaired) electrons. The Hall–Kier alpha value is -2.90. The average Bonchev–Trinajstić information content (AvgIpc) is 3.31. The van der Waals surface area contributed by atoms with Crippen LogP contribution in [0.15, 0.2) is 54.7 Å². The number of morpholine rings is 1. The molecule has 6 nitrogen and oxygen atoms in total. The van der Waals surface area contributed by atoms with Crippen molar-refractivity contribution in [2.24, 2.45) is 7.05 Å². The van der Waals surface area contributed by atoms with E-state index in [0.29, 0.717) is 0 Å². The summed E-state index contributed by atoms with van der Waals surface area (Å²) in [6, 6.07) is 17.1. The Morgan fingerprint density at radius 1 is 1.03 bits per heavy atom. The summed E-state index contributed by atoms with van der Waals surface area (Å²) in [6.45, 7) is 7.74. The van der Waals surface area contributed by atoms with Crippen LogP contribution in [0.3, 0.4) is 0 Å². The van der Waals surface area contributed by atoms with Crippen molar-refractivity contribution in [1.82, 2.24) is 14.9 Å². The van der Waals surface area contributed by atoms with Gasteiger partial charge < -0.3 is 24.4 Å². The van der Waals surface area contributed by atoms with Gasteiger partial charge in [-0.25, -0.2) is 0 Å². The van der Waals surface area contributed by atoms with Crippen molar-refractivity contribution < 1.29 is 4.74 Å². The third kappa shape index (κ3) is 3.65. The molecule has 2 unspecified atom stereocenters. The molecule has 0 amide bonds. The fraction of sp³-hybridized carbons (Fsp3) is 0.360. The summed E-state index contributed by atoms with van der Waals surface area (Å²) >= 11 is 5.87. The second-order valence-electron chi connectivity index (χ2n) is 8.50. The van der Waals surface area contributed by atoms with Crippen LogP contribution in [0.1, 0.15) is 34.7 Å². The highest BCUT2D eigenvalue weighted by molar-refractivity contribution is 7.80. The minimum atomic E-state index is -0.0249. The van der Waals surface area contributed by atoms with Crippen LogP contribution >= 0.6 is 12.2 Å². The molecule has 0 bridgehead atoms. The third-order valence-corrected chi connectivity index (χ3v) is 7.05. The maximum absolute atomic E-state index is 5.87. The first-order valence-electron chi connectivity index (χ1n) is 11.1. The maximum Gasteiger partial charge on any atom is 0.174 e. The Morgan fingerprint density at radius 2 is 1.75 bits per heavy atom. The lowest BCUT2D eigenvalue weighted by molar-refractivity contribution is 0.122. The number of anilines is 2. The number of pyridine rings is 1. The molecule has 2 saturated heterocycles. The largest absolute Gasteiger partial charge is 0.378 e. The molecule has 5 rings (SSSR count). The van der Waals surface area contributed by atoms with Crippen molar-refractivity contribution in [1.29, 1.82) is 0 Å². The Labute approximate surface area is 194 Å². The summed E-state index contributed by atoms with van der Waals surface area (Å²) in [7, 11) is 2.12. The molecule has 32 heavy (non-hydrogen) atoms. The quantitative estimate of drug-likeness (QED) is 0.609. The lowest BCUT2D eigenvalue weighted by atomic mass is 9.96. The molecular formula is C25H29N5OS. The number of hydrogen-bond donors (Lipinski definition) is 1. The minimum Gasteiger partial charge on any atom is -0.378 e. The molecule has 2 aliphatic rings. The summed E-state index contributed by atoms with van der Waals surface area (Å²) in [4.78, 5) is 9.28. The van der Waals surface area contributed by atoms with E-state index in [4.69, 9.17) is 17.0 Å². The smallest absolute Gasteiger partial charge is 0.174 e. The number of nitrogens with one attached hydrogen (secondary N) is 1. The molecule has 2 fully saturated rings. The van der Waals surface area contributed by atoms with Gasteiger partial charge in [0.15, 0.2) is 5.11 Å². The molecule has 1 N–H and O–H groups in total. The molecule has 0 aliphatic carbocycles. The summed E-state index contributed by atoms with van der Waals surface area (Å²) in [5, 5.41) is 4.29. The first-order valence-corrected chi connectivity index (χ1v) is 11.5. The predicted molar refractivity (Wildman–Crippen MR) is 132 cm³/mol. The number of nitrogens with zero attached hydrogens (tertiary/aromatic N) is 4. The molecule has 1 aromatic carbocycles. The van der Waals surface area contributed by atoms with Crippen LogP contribution in [-0.4, -0.2) is 41.0 Å². The lowest BCUT2D eigenvalue weighted by Crippen LogP contribution is -2.36. The fourth-order valence-electron chi connectivity index (χ4n) is 4.78. The topological polar surface area (TPSA) is 45.6 Å². The van der Waals surface area contributed by atoms with Crippen molar-refractivity contribution in [3.8, 4) is 0 Å². The normalized spacial score (nSPS) is 21.2. The van der Waals surface area contributed by atoms with Crippen molar-refractivity contribution in [3.63, 3.8) is 0 Å². The van der Waals surface area contributed by atoms with Gasteiger partial charge in [0, 0.05) is 49.1 Å². The first kappa shape index (κ1) is 21.0. The summed E-state index contributed by atoms with van der Waals surface area (Å²) in [5.74, 6) is 0. The maximum atomic E-state index is 5.87. The zero-order valence-electron chi connectivity index (χ0n) is 18.8. The fourth-order valence-corrected chi connectivity index (χ4v) is 5.12. The zero-order chi connectivity index (χ0) is 22.2. The van der Waals surface area contributed by atoms with E-state index < -0.39 is 0 Å². The summed E-state index contributed by atoms with van der Waals surface area (Å²) < 4.78 is 7.74. The van der Waals surface area contributed by atoms with Crippen molar-refractivity contribution in [2.45, 2.75) is 25.9 Å². The molecular weight excluding hydrogens is 418 g/mol. The van der Waals surface area contributed by atoms with Crippen molar-refractivity contribution in [2.75, 3.05) is 36.1 Å². The third-order valence-electron chi connectivity index (χ3n) is 6.74. The van der Waals surface area contributed by atoms with Crippen LogP contribution in [0.2, 0.25) is 0 Å². The van der Waals surface area contributed by atoms with Gasteiger partial charge >= 0.3 is 0 Å². The summed E-state index contributed by atoms with van der Waals surface area (Å²) in [5.41, 5.74) is 7.05. The Morgan fingerprint density at radius 3 is 2.38 bits per heavy atom. The number of hydrogen-bond acceptors (Lipinski definition) is 4. The number of benzene rings is 1. The van der Waals surface area contributed by atoms with Gasteiger partial charge in [-0.05, 0) is 74.1 Å². The lowest BCUT2D eigenvalue weighted by Gasteiger charge is -2.31. The standard InChI is InChI=1S/C25H29N5OS/c1-17-16-21(18(2)28(17)3)24-23(22-6-4-5-11-26-22)27-25(32)30(24)20-9-7-19(8-10-20)29-12-14-31-15-13-29/h4-11,16,23-24H,12-15H2,1-3H3,(H,27,32). The van der Waals surface area contributed by atoms with Gasteiger partial charge in [-0.2, -0.15) is 0 Å². The van der Waals surface area contributed by atoms with E-state index in [1.54, 1.807) is 0 Å². The second kappa shape index (κ2) is 8.56. The van der Waals surface area contributed by atoms with Gasteiger partial charge in [-0.3, -0.25) is 4.98 Å². The molecule has 3 aromatic rings. The molecule has 2 atom stereocenters. The predicted octanol–water partition coefficient (Wildman–Crippen LogP) is 4.05. The van der Waals surface area contributed by atoms with Crippen LogP contribution in [0.4, 0.5) is 11.4 Å². The Bertz CT molecular complexity index is 1110. The van der Waals surface area contributed by atoms with Crippen LogP contribution < -0.4 is 15.1 Å². The summed E-state index contributed by atoms with van der Waals surface area (Å²) in [6.07, 6.45) is 1.85. The molecule has 166 valence electrons. The van der Waals surface area contributed by atoms with Gasteiger partial charge in [-0.1, -0.05) is 6.07 Å². The van der Waals surface area contributed by atoms with Gasteiger partial charge in [0.1, 0.15) is 0 Å². The number of aromatic nitrogens is 2. The molecule has 0 spiro atoms. The van der Waals surface area contributed by atoms with E-state index in [1.165, 1.54) is 22.6 Å². The van der Waals surface area contributed by atoms with E-state index >= 15 is 0 Å². The SMILES string of the molecule is Cc1cc(C2C(c3ccccn3)NC(=S)N2c2ccc(N3CCOCC3)cc2)c(C)n1C. The number of ether oxygens (including phenoxy) is 1. The van der Waals surface area contributed by atoms with Crippen LogP contribution in [0, 0.1) is 13.8 Å². The Kier molecular flexibility index (Phi) is 5.61.